The van der Waals surface area contributed by atoms with Crippen LogP contribution in [0.5, 0.6) is 5.75 Å². The lowest BCUT2D eigenvalue weighted by molar-refractivity contribution is -0.139. The summed E-state index contributed by atoms with van der Waals surface area (Å²) in [5.74, 6) is 0.475. The molecule has 208 valence electrons. The van der Waals surface area contributed by atoms with Crippen molar-refractivity contribution in [3.8, 4) is 5.75 Å². The average molecular weight is 537 g/mol. The Bertz CT molecular complexity index is 1460. The number of H-pyrrole nitrogens is 1. The fourth-order valence-corrected chi connectivity index (χ4v) is 6.18. The molecule has 2 aromatic heterocycles. The topological polar surface area (TPSA) is 96.4 Å². The van der Waals surface area contributed by atoms with Crippen molar-refractivity contribution in [1.82, 2.24) is 19.8 Å². The Balaban J connectivity index is 1.36. The summed E-state index contributed by atoms with van der Waals surface area (Å²) in [4.78, 5) is 43.5. The molecule has 1 aromatic carbocycles. The summed E-state index contributed by atoms with van der Waals surface area (Å²) in [5, 5.41) is 3.79. The number of aromatic nitrogens is 2. The van der Waals surface area contributed by atoms with Gasteiger partial charge in [0.2, 0.25) is 5.91 Å². The van der Waals surface area contributed by atoms with Crippen molar-refractivity contribution in [1.29, 1.82) is 0 Å². The van der Waals surface area contributed by atoms with Crippen molar-refractivity contribution in [3.63, 3.8) is 0 Å². The number of aromatic amines is 1. The number of nitrogens with zero attached hydrogens (tertiary/aromatic N) is 2. The van der Waals surface area contributed by atoms with Gasteiger partial charge in [0.1, 0.15) is 12.4 Å². The SMILES string of the molecule is COc1cc(C)[nH]c(=O)c1CNC(=O)c1c(C)n([C@H](C)C2CCN(C(=O)C3(CF)CC3)CC2)c2ccccc12. The molecule has 2 aliphatic rings. The van der Waals surface area contributed by atoms with Crippen molar-refractivity contribution in [3.05, 3.63) is 63.2 Å². The number of ether oxygens (including phenoxy) is 1. The number of alkyl halides is 1. The van der Waals surface area contributed by atoms with Crippen molar-refractivity contribution in [2.24, 2.45) is 11.3 Å². The van der Waals surface area contributed by atoms with Gasteiger partial charge in [-0.2, -0.15) is 0 Å². The fraction of sp³-hybridized carbons (Fsp3) is 0.500. The monoisotopic (exact) mass is 536 g/mol. The average Bonchev–Trinajstić information content (AvgIpc) is 3.68. The van der Waals surface area contributed by atoms with E-state index in [1.807, 2.05) is 36.1 Å². The molecule has 2 fully saturated rings. The molecule has 5 rings (SSSR count). The van der Waals surface area contributed by atoms with E-state index in [1.165, 1.54) is 7.11 Å². The summed E-state index contributed by atoms with van der Waals surface area (Å²) in [6, 6.07) is 9.71. The molecule has 1 aliphatic heterocycles. The highest BCUT2D eigenvalue weighted by atomic mass is 19.1. The predicted octanol–water partition coefficient (Wildman–Crippen LogP) is 4.43. The van der Waals surface area contributed by atoms with Gasteiger partial charge >= 0.3 is 0 Å². The molecule has 0 spiro atoms. The van der Waals surface area contributed by atoms with Gasteiger partial charge < -0.3 is 24.5 Å². The number of pyridine rings is 1. The molecule has 3 aromatic rings. The zero-order valence-electron chi connectivity index (χ0n) is 23.1. The molecule has 0 radical (unpaired) electrons. The normalized spacial score (nSPS) is 17.7. The first-order valence-corrected chi connectivity index (χ1v) is 13.7. The van der Waals surface area contributed by atoms with E-state index in [1.54, 1.807) is 13.0 Å². The molecule has 2 N–H and O–H groups in total. The van der Waals surface area contributed by atoms with Gasteiger partial charge in [0.15, 0.2) is 0 Å². The maximum Gasteiger partial charge on any atom is 0.256 e. The van der Waals surface area contributed by atoms with Crippen LogP contribution in [0.1, 0.15) is 66.0 Å². The molecule has 9 heteroatoms. The number of hydrogen-bond acceptors (Lipinski definition) is 4. The first-order chi connectivity index (χ1) is 18.7. The smallest absolute Gasteiger partial charge is 0.256 e. The second-order valence-electron chi connectivity index (χ2n) is 11.1. The number of halogens is 1. The molecule has 3 heterocycles. The maximum atomic E-state index is 13.5. The zero-order valence-corrected chi connectivity index (χ0v) is 23.1. The number of benzene rings is 1. The molecule has 39 heavy (non-hydrogen) atoms. The van der Waals surface area contributed by atoms with Crippen LogP contribution < -0.4 is 15.6 Å². The van der Waals surface area contributed by atoms with Crippen LogP contribution in [0.15, 0.2) is 35.1 Å². The Labute approximate surface area is 227 Å². The summed E-state index contributed by atoms with van der Waals surface area (Å²) in [6.07, 6.45) is 2.98. The number of rotatable bonds is 8. The minimum absolute atomic E-state index is 0.0262. The molecule has 8 nitrogen and oxygen atoms in total. The van der Waals surface area contributed by atoms with Gasteiger partial charge in [0.25, 0.3) is 11.5 Å². The highest BCUT2D eigenvalue weighted by molar-refractivity contribution is 6.08. The maximum absolute atomic E-state index is 13.5. The van der Waals surface area contributed by atoms with Gasteiger partial charge in [0.05, 0.1) is 30.2 Å². The Morgan fingerprint density at radius 1 is 1.21 bits per heavy atom. The number of hydrogen-bond donors (Lipinski definition) is 2. The molecule has 1 atom stereocenters. The molecule has 1 saturated carbocycles. The summed E-state index contributed by atoms with van der Waals surface area (Å²) >= 11 is 0. The first-order valence-electron chi connectivity index (χ1n) is 13.7. The number of fused-ring (bicyclic) bond motifs is 1. The Morgan fingerprint density at radius 3 is 2.54 bits per heavy atom. The van der Waals surface area contributed by atoms with Crippen LogP contribution in [-0.4, -0.2) is 53.1 Å². The number of piperidine rings is 1. The van der Waals surface area contributed by atoms with E-state index in [0.29, 0.717) is 54.4 Å². The zero-order chi connectivity index (χ0) is 27.9. The standard InChI is InChI=1S/C30H37FN4O4/c1-18-15-25(39-4)23(27(36)33-18)16-32-28(37)26-20(3)35(24-8-6-5-7-22(24)26)19(2)21-9-13-34(14-10-21)29(38)30(17-31)11-12-30/h5-8,15,19,21H,9-14,16-17H2,1-4H3,(H,32,37)(H,33,36)/t19-/m1/s1. The molecule has 2 amide bonds. The number of para-hydroxylation sites is 1. The number of methoxy groups -OCH3 is 1. The number of aryl methyl sites for hydroxylation is 1. The summed E-state index contributed by atoms with van der Waals surface area (Å²) in [5.41, 5.74) is 2.44. The number of likely N-dealkylation sites (tertiary alicyclic amines) is 1. The molecular weight excluding hydrogens is 499 g/mol. The minimum atomic E-state index is -0.749. The largest absolute Gasteiger partial charge is 0.496 e. The third-order valence-corrected chi connectivity index (χ3v) is 8.74. The third-order valence-electron chi connectivity index (χ3n) is 8.74. The summed E-state index contributed by atoms with van der Waals surface area (Å²) in [6.45, 7) is 6.65. The summed E-state index contributed by atoms with van der Waals surface area (Å²) < 4.78 is 21.0. The lowest BCUT2D eigenvalue weighted by Crippen LogP contribution is -2.44. The Hall–Kier alpha value is -3.62. The van der Waals surface area contributed by atoms with Crippen LogP contribution in [0, 0.1) is 25.2 Å². The number of carbonyl (C=O) groups is 2. The van der Waals surface area contributed by atoms with E-state index in [4.69, 9.17) is 4.74 Å². The van der Waals surface area contributed by atoms with Crippen molar-refractivity contribution in [2.75, 3.05) is 26.9 Å². The highest BCUT2D eigenvalue weighted by Crippen LogP contribution is 2.48. The molecule has 0 bridgehead atoms. The van der Waals surface area contributed by atoms with Crippen molar-refractivity contribution >= 4 is 22.7 Å². The van der Waals surface area contributed by atoms with Crippen LogP contribution in [0.25, 0.3) is 10.9 Å². The van der Waals surface area contributed by atoms with Gasteiger partial charge in [-0.25, -0.2) is 4.39 Å². The predicted molar refractivity (Wildman–Crippen MR) is 148 cm³/mol. The van der Waals surface area contributed by atoms with Crippen molar-refractivity contribution < 1.29 is 18.7 Å². The van der Waals surface area contributed by atoms with E-state index < -0.39 is 12.1 Å². The van der Waals surface area contributed by atoms with E-state index in [9.17, 15) is 18.8 Å². The van der Waals surface area contributed by atoms with Crippen LogP contribution in [0.4, 0.5) is 4.39 Å². The van der Waals surface area contributed by atoms with E-state index in [0.717, 1.165) is 29.4 Å². The van der Waals surface area contributed by atoms with Crippen LogP contribution in [0.3, 0.4) is 0 Å². The Morgan fingerprint density at radius 2 is 1.90 bits per heavy atom. The van der Waals surface area contributed by atoms with Gasteiger partial charge in [-0.3, -0.25) is 14.4 Å². The summed E-state index contributed by atoms with van der Waals surface area (Å²) in [7, 11) is 1.50. The second kappa shape index (κ2) is 10.5. The van der Waals surface area contributed by atoms with Crippen LogP contribution in [0.2, 0.25) is 0 Å². The molecule has 1 aliphatic carbocycles. The number of carbonyl (C=O) groups excluding carboxylic acids is 2. The third kappa shape index (κ3) is 4.83. The Kier molecular flexibility index (Phi) is 7.27. The van der Waals surface area contributed by atoms with Crippen LogP contribution >= 0.6 is 0 Å². The quantitative estimate of drug-likeness (QED) is 0.445. The van der Waals surface area contributed by atoms with Crippen molar-refractivity contribution in [2.45, 2.75) is 59.0 Å². The minimum Gasteiger partial charge on any atom is -0.496 e. The second-order valence-corrected chi connectivity index (χ2v) is 11.1. The molecular formula is C30H37FN4O4. The fourth-order valence-electron chi connectivity index (χ4n) is 6.18. The first kappa shape index (κ1) is 27.0. The van der Waals surface area contributed by atoms with E-state index >= 15 is 0 Å². The lowest BCUT2D eigenvalue weighted by atomic mass is 9.89. The lowest BCUT2D eigenvalue weighted by Gasteiger charge is -2.37. The highest BCUT2D eigenvalue weighted by Gasteiger charge is 2.52. The van der Waals surface area contributed by atoms with Gasteiger partial charge in [-0.05, 0) is 64.5 Å². The van der Waals surface area contributed by atoms with Crippen LogP contribution in [-0.2, 0) is 11.3 Å². The van der Waals surface area contributed by atoms with Gasteiger partial charge in [-0.15, -0.1) is 0 Å². The molecule has 1 saturated heterocycles. The van der Waals surface area contributed by atoms with Gasteiger partial charge in [0, 0.05) is 41.4 Å². The number of amides is 2. The molecule has 0 unspecified atom stereocenters. The van der Waals surface area contributed by atoms with E-state index in [-0.39, 0.29) is 30.0 Å². The van der Waals surface area contributed by atoms with E-state index in [2.05, 4.69) is 21.8 Å². The van der Waals surface area contributed by atoms with Gasteiger partial charge in [-0.1, -0.05) is 18.2 Å². The number of nitrogens with one attached hydrogen (secondary N) is 2.